The van der Waals surface area contributed by atoms with Gasteiger partial charge in [0.1, 0.15) is 5.82 Å². The number of esters is 1. The number of benzene rings is 2. The van der Waals surface area contributed by atoms with Crippen LogP contribution < -0.4 is 0 Å². The topological polar surface area (TPSA) is 38.7 Å². The molecule has 0 unspecified atom stereocenters. The summed E-state index contributed by atoms with van der Waals surface area (Å²) in [7, 11) is 0. The van der Waals surface area contributed by atoms with E-state index in [0.717, 1.165) is 0 Å². The molecule has 1 heterocycles. The maximum Gasteiger partial charge on any atom is 0.363 e. The first-order valence-electron chi connectivity index (χ1n) is 6.27. The highest BCUT2D eigenvalue weighted by molar-refractivity contribution is 6.44. The first-order chi connectivity index (χ1) is 10.5. The lowest BCUT2D eigenvalue weighted by molar-refractivity contribution is -0.129. The second kappa shape index (κ2) is 5.91. The molecule has 22 heavy (non-hydrogen) atoms. The van der Waals surface area contributed by atoms with Gasteiger partial charge in [0.15, 0.2) is 5.70 Å². The molecule has 6 heteroatoms. The third-order valence-electron chi connectivity index (χ3n) is 2.98. The number of rotatable bonds is 2. The molecular formula is C16H8Cl2FNO2. The lowest BCUT2D eigenvalue weighted by Gasteiger charge is -2.03. The largest absolute Gasteiger partial charge is 0.402 e. The van der Waals surface area contributed by atoms with Gasteiger partial charge in [0.2, 0.25) is 5.90 Å². The molecule has 2 aromatic rings. The van der Waals surface area contributed by atoms with Crippen LogP contribution in [0, 0.1) is 5.82 Å². The molecular weight excluding hydrogens is 328 g/mol. The van der Waals surface area contributed by atoms with E-state index < -0.39 is 5.97 Å². The summed E-state index contributed by atoms with van der Waals surface area (Å²) >= 11 is 12.0. The van der Waals surface area contributed by atoms with E-state index in [1.807, 2.05) is 0 Å². The molecule has 0 N–H and O–H groups in total. The van der Waals surface area contributed by atoms with Crippen molar-refractivity contribution < 1.29 is 13.9 Å². The number of cyclic esters (lactones) is 1. The highest BCUT2D eigenvalue weighted by Crippen LogP contribution is 2.29. The van der Waals surface area contributed by atoms with Gasteiger partial charge in [-0.25, -0.2) is 14.2 Å². The Morgan fingerprint density at radius 3 is 2.55 bits per heavy atom. The summed E-state index contributed by atoms with van der Waals surface area (Å²) in [6.07, 6.45) is 1.51. The van der Waals surface area contributed by atoms with Crippen molar-refractivity contribution in [2.24, 2.45) is 4.99 Å². The van der Waals surface area contributed by atoms with Gasteiger partial charge in [0.05, 0.1) is 15.6 Å². The lowest BCUT2D eigenvalue weighted by atomic mass is 10.2. The van der Waals surface area contributed by atoms with E-state index in [1.54, 1.807) is 18.2 Å². The molecule has 0 saturated carbocycles. The van der Waals surface area contributed by atoms with Crippen LogP contribution in [0.15, 0.2) is 53.2 Å². The number of nitrogens with zero attached hydrogens (tertiary/aromatic N) is 1. The molecule has 0 saturated heterocycles. The number of carbonyl (C=O) groups is 1. The zero-order chi connectivity index (χ0) is 15.7. The molecule has 0 amide bonds. The predicted molar refractivity (Wildman–Crippen MR) is 83.5 cm³/mol. The summed E-state index contributed by atoms with van der Waals surface area (Å²) in [6, 6.07) is 10.6. The van der Waals surface area contributed by atoms with E-state index >= 15 is 0 Å². The fourth-order valence-corrected chi connectivity index (χ4v) is 2.29. The van der Waals surface area contributed by atoms with E-state index in [1.165, 1.54) is 30.3 Å². The highest BCUT2D eigenvalue weighted by Gasteiger charge is 2.26. The second-order valence-corrected chi connectivity index (χ2v) is 5.27. The van der Waals surface area contributed by atoms with Crippen molar-refractivity contribution in [3.63, 3.8) is 0 Å². The Bertz CT molecular complexity index is 813. The minimum atomic E-state index is -0.602. The van der Waals surface area contributed by atoms with Gasteiger partial charge in [0.25, 0.3) is 0 Å². The maximum absolute atomic E-state index is 12.9. The van der Waals surface area contributed by atoms with Gasteiger partial charge in [-0.1, -0.05) is 41.4 Å². The number of hydrogen-bond donors (Lipinski definition) is 0. The molecule has 1 aliphatic rings. The Morgan fingerprint density at radius 1 is 1.09 bits per heavy atom. The number of carbonyl (C=O) groups excluding carboxylic acids is 1. The number of hydrogen-bond acceptors (Lipinski definition) is 3. The van der Waals surface area contributed by atoms with Crippen molar-refractivity contribution in [2.75, 3.05) is 0 Å². The lowest BCUT2D eigenvalue weighted by Crippen LogP contribution is -2.06. The van der Waals surface area contributed by atoms with E-state index in [4.69, 9.17) is 27.9 Å². The molecule has 0 spiro atoms. The highest BCUT2D eigenvalue weighted by atomic mass is 35.5. The summed E-state index contributed by atoms with van der Waals surface area (Å²) in [5.74, 6) is -0.868. The van der Waals surface area contributed by atoms with E-state index in [-0.39, 0.29) is 22.4 Å². The minimum absolute atomic E-state index is 0.0888. The van der Waals surface area contributed by atoms with Crippen LogP contribution >= 0.6 is 23.2 Å². The van der Waals surface area contributed by atoms with Gasteiger partial charge in [-0.3, -0.25) is 0 Å². The first-order valence-corrected chi connectivity index (χ1v) is 7.03. The fraction of sp³-hybridized carbons (Fsp3) is 0. The number of halogens is 3. The van der Waals surface area contributed by atoms with Crippen molar-refractivity contribution in [3.05, 3.63) is 75.2 Å². The van der Waals surface area contributed by atoms with Crippen molar-refractivity contribution in [1.29, 1.82) is 0 Å². The summed E-state index contributed by atoms with van der Waals surface area (Å²) < 4.78 is 18.0. The molecule has 0 fully saturated rings. The maximum atomic E-state index is 12.9. The first kappa shape index (κ1) is 14.8. The third-order valence-corrected chi connectivity index (χ3v) is 3.79. The van der Waals surface area contributed by atoms with Gasteiger partial charge >= 0.3 is 5.97 Å². The number of aliphatic imine (C=N–C) groups is 1. The average molecular weight is 336 g/mol. The normalized spacial score (nSPS) is 15.9. The second-order valence-electron chi connectivity index (χ2n) is 4.49. The van der Waals surface area contributed by atoms with Crippen molar-refractivity contribution in [3.8, 4) is 0 Å². The quantitative estimate of drug-likeness (QED) is 0.599. The Morgan fingerprint density at radius 2 is 1.82 bits per heavy atom. The van der Waals surface area contributed by atoms with Crippen LogP contribution in [-0.2, 0) is 9.53 Å². The molecule has 0 atom stereocenters. The fourth-order valence-electron chi connectivity index (χ4n) is 1.91. The average Bonchev–Trinajstić information content (AvgIpc) is 2.85. The van der Waals surface area contributed by atoms with E-state index in [2.05, 4.69) is 4.99 Å². The standard InChI is InChI=1S/C16H8Cl2FNO2/c17-12-3-1-2-11(14(12)18)15-20-13(16(21)22-15)8-9-4-6-10(19)7-5-9/h1-8H. The van der Waals surface area contributed by atoms with Gasteiger partial charge in [-0.15, -0.1) is 0 Å². The zero-order valence-corrected chi connectivity index (χ0v) is 12.5. The summed E-state index contributed by atoms with van der Waals surface area (Å²) in [6.45, 7) is 0. The van der Waals surface area contributed by atoms with Gasteiger partial charge in [-0.2, -0.15) is 0 Å². The monoisotopic (exact) mass is 335 g/mol. The molecule has 110 valence electrons. The van der Waals surface area contributed by atoms with E-state index in [9.17, 15) is 9.18 Å². The van der Waals surface area contributed by atoms with Crippen LogP contribution in [0.2, 0.25) is 10.0 Å². The number of ether oxygens (including phenoxy) is 1. The molecule has 3 rings (SSSR count). The van der Waals surface area contributed by atoms with Crippen molar-refractivity contribution in [1.82, 2.24) is 0 Å². The van der Waals surface area contributed by atoms with E-state index in [0.29, 0.717) is 16.1 Å². The van der Waals surface area contributed by atoms with Gasteiger partial charge in [-0.05, 0) is 35.9 Å². The van der Waals surface area contributed by atoms with Crippen LogP contribution in [0.25, 0.3) is 6.08 Å². The summed E-state index contributed by atoms with van der Waals surface area (Å²) in [5.41, 5.74) is 1.18. The molecule has 1 aliphatic heterocycles. The Hall–Kier alpha value is -2.17. The predicted octanol–water partition coefficient (Wildman–Crippen LogP) is 4.48. The molecule has 0 bridgehead atoms. The van der Waals surface area contributed by atoms with Crippen LogP contribution in [0.3, 0.4) is 0 Å². The Balaban J connectivity index is 1.98. The van der Waals surface area contributed by atoms with Crippen LogP contribution in [0.1, 0.15) is 11.1 Å². The third kappa shape index (κ3) is 2.89. The SMILES string of the molecule is O=C1OC(c2cccc(Cl)c2Cl)=NC1=Cc1ccc(F)cc1. The molecule has 2 aromatic carbocycles. The van der Waals surface area contributed by atoms with Crippen molar-refractivity contribution in [2.45, 2.75) is 0 Å². The van der Waals surface area contributed by atoms with Gasteiger partial charge < -0.3 is 4.74 Å². The van der Waals surface area contributed by atoms with Crippen molar-refractivity contribution >= 4 is 41.1 Å². The van der Waals surface area contributed by atoms with Crippen LogP contribution in [0.4, 0.5) is 4.39 Å². The molecule has 0 aliphatic carbocycles. The Kier molecular flexibility index (Phi) is 3.96. The smallest absolute Gasteiger partial charge is 0.363 e. The molecule has 0 aromatic heterocycles. The van der Waals surface area contributed by atoms with Gasteiger partial charge in [0, 0.05) is 0 Å². The summed E-state index contributed by atoms with van der Waals surface area (Å²) in [5, 5.41) is 0.604. The molecule has 3 nitrogen and oxygen atoms in total. The van der Waals surface area contributed by atoms with Crippen LogP contribution in [0.5, 0.6) is 0 Å². The Labute approximate surface area is 135 Å². The zero-order valence-electron chi connectivity index (χ0n) is 11.0. The van der Waals surface area contributed by atoms with Crippen LogP contribution in [-0.4, -0.2) is 11.9 Å². The molecule has 0 radical (unpaired) electrons. The minimum Gasteiger partial charge on any atom is -0.402 e. The summed E-state index contributed by atoms with van der Waals surface area (Å²) in [4.78, 5) is 16.0.